The lowest BCUT2D eigenvalue weighted by molar-refractivity contribution is -0.119. The minimum Gasteiger partial charge on any atom is -0.382 e. The molecule has 1 aliphatic heterocycles. The van der Waals surface area contributed by atoms with E-state index in [4.69, 9.17) is 4.74 Å². The molecular formula is C16H24N2O2. The Morgan fingerprint density at radius 2 is 2.05 bits per heavy atom. The van der Waals surface area contributed by atoms with Gasteiger partial charge in [0, 0.05) is 25.4 Å². The Balaban J connectivity index is 1.92. The number of hydrogen-bond acceptors (Lipinski definition) is 3. The zero-order valence-electron chi connectivity index (χ0n) is 12.5. The molecule has 2 rings (SSSR count). The van der Waals surface area contributed by atoms with E-state index in [0.29, 0.717) is 12.5 Å². The fraction of sp³-hybridized carbons (Fsp3) is 0.562. The first-order valence-electron chi connectivity index (χ1n) is 7.18. The van der Waals surface area contributed by atoms with Gasteiger partial charge in [0.2, 0.25) is 5.91 Å². The highest BCUT2D eigenvalue weighted by Crippen LogP contribution is 2.26. The quantitative estimate of drug-likeness (QED) is 0.887. The molecule has 1 aromatic carbocycles. The SMILES string of the molecule is CNC(=O)Cc1ccc(NC2CCOC(C)(C)C2)cc1. The van der Waals surface area contributed by atoms with E-state index in [1.165, 1.54) is 0 Å². The fourth-order valence-corrected chi connectivity index (χ4v) is 2.58. The number of carbonyl (C=O) groups excluding carboxylic acids is 1. The number of hydrogen-bond donors (Lipinski definition) is 2. The third-order valence-electron chi connectivity index (χ3n) is 3.67. The molecule has 1 saturated heterocycles. The largest absolute Gasteiger partial charge is 0.382 e. The number of benzene rings is 1. The van der Waals surface area contributed by atoms with Crippen molar-refractivity contribution in [2.45, 2.75) is 44.8 Å². The summed E-state index contributed by atoms with van der Waals surface area (Å²) in [6.07, 6.45) is 2.47. The summed E-state index contributed by atoms with van der Waals surface area (Å²) < 4.78 is 5.72. The molecule has 1 aliphatic rings. The maximum Gasteiger partial charge on any atom is 0.224 e. The molecule has 1 fully saturated rings. The van der Waals surface area contributed by atoms with Crippen molar-refractivity contribution in [3.8, 4) is 0 Å². The van der Waals surface area contributed by atoms with Crippen LogP contribution in [0.2, 0.25) is 0 Å². The minimum atomic E-state index is -0.0466. The van der Waals surface area contributed by atoms with Crippen molar-refractivity contribution in [1.29, 1.82) is 0 Å². The lowest BCUT2D eigenvalue weighted by Crippen LogP contribution is -2.40. The van der Waals surface area contributed by atoms with E-state index < -0.39 is 0 Å². The van der Waals surface area contributed by atoms with Crippen LogP contribution in [0.3, 0.4) is 0 Å². The monoisotopic (exact) mass is 276 g/mol. The van der Waals surface area contributed by atoms with Gasteiger partial charge in [0.25, 0.3) is 0 Å². The zero-order valence-corrected chi connectivity index (χ0v) is 12.5. The van der Waals surface area contributed by atoms with Crippen molar-refractivity contribution in [1.82, 2.24) is 5.32 Å². The second-order valence-electron chi connectivity index (χ2n) is 5.99. The van der Waals surface area contributed by atoms with Crippen LogP contribution in [0, 0.1) is 0 Å². The zero-order chi connectivity index (χ0) is 14.6. The number of rotatable bonds is 4. The molecule has 0 saturated carbocycles. The van der Waals surface area contributed by atoms with Gasteiger partial charge in [-0.1, -0.05) is 12.1 Å². The molecule has 0 aromatic heterocycles. The third-order valence-corrected chi connectivity index (χ3v) is 3.67. The molecule has 20 heavy (non-hydrogen) atoms. The Kier molecular flexibility index (Phi) is 4.65. The van der Waals surface area contributed by atoms with Gasteiger partial charge in [-0.2, -0.15) is 0 Å². The normalized spacial score (nSPS) is 21.2. The summed E-state index contributed by atoms with van der Waals surface area (Å²) in [6.45, 7) is 5.07. The van der Waals surface area contributed by atoms with Gasteiger partial charge in [0.15, 0.2) is 0 Å². The van der Waals surface area contributed by atoms with Gasteiger partial charge in [-0.3, -0.25) is 4.79 Å². The summed E-state index contributed by atoms with van der Waals surface area (Å²) in [5.41, 5.74) is 2.09. The van der Waals surface area contributed by atoms with E-state index in [1.807, 2.05) is 24.3 Å². The van der Waals surface area contributed by atoms with Crippen molar-refractivity contribution < 1.29 is 9.53 Å². The maximum atomic E-state index is 11.3. The maximum absolute atomic E-state index is 11.3. The smallest absolute Gasteiger partial charge is 0.224 e. The summed E-state index contributed by atoms with van der Waals surface area (Å²) in [6, 6.07) is 8.54. The highest BCUT2D eigenvalue weighted by Gasteiger charge is 2.28. The van der Waals surface area contributed by atoms with Gasteiger partial charge in [-0.05, 0) is 44.4 Å². The number of amides is 1. The van der Waals surface area contributed by atoms with Crippen LogP contribution in [0.1, 0.15) is 32.3 Å². The second-order valence-corrected chi connectivity index (χ2v) is 5.99. The van der Waals surface area contributed by atoms with E-state index >= 15 is 0 Å². The Morgan fingerprint density at radius 1 is 1.35 bits per heavy atom. The summed E-state index contributed by atoms with van der Waals surface area (Å²) in [7, 11) is 1.66. The molecule has 0 radical (unpaired) electrons. The summed E-state index contributed by atoms with van der Waals surface area (Å²) in [5.74, 6) is 0.0388. The first-order chi connectivity index (χ1) is 9.48. The van der Waals surface area contributed by atoms with Gasteiger partial charge in [0.1, 0.15) is 0 Å². The molecule has 2 N–H and O–H groups in total. The van der Waals surface area contributed by atoms with E-state index in [0.717, 1.165) is 30.7 Å². The number of anilines is 1. The predicted molar refractivity (Wildman–Crippen MR) is 80.9 cm³/mol. The van der Waals surface area contributed by atoms with Crippen molar-refractivity contribution in [2.75, 3.05) is 19.0 Å². The van der Waals surface area contributed by atoms with Gasteiger partial charge in [-0.15, -0.1) is 0 Å². The molecular weight excluding hydrogens is 252 g/mol. The number of nitrogens with one attached hydrogen (secondary N) is 2. The van der Waals surface area contributed by atoms with Crippen molar-refractivity contribution in [3.05, 3.63) is 29.8 Å². The van der Waals surface area contributed by atoms with Crippen molar-refractivity contribution in [3.63, 3.8) is 0 Å². The number of carbonyl (C=O) groups is 1. The van der Waals surface area contributed by atoms with Crippen LogP contribution in [0.4, 0.5) is 5.69 Å². The third kappa shape index (κ3) is 4.23. The fourth-order valence-electron chi connectivity index (χ4n) is 2.58. The Bertz CT molecular complexity index is 454. The Labute approximate surface area is 120 Å². The van der Waals surface area contributed by atoms with Gasteiger partial charge < -0.3 is 15.4 Å². The molecule has 1 heterocycles. The summed E-state index contributed by atoms with van der Waals surface area (Å²) >= 11 is 0. The molecule has 1 unspecified atom stereocenters. The predicted octanol–water partition coefficient (Wildman–Crippen LogP) is 2.34. The van der Waals surface area contributed by atoms with E-state index in [1.54, 1.807) is 7.05 Å². The standard InChI is InChI=1S/C16H24N2O2/c1-16(2)11-14(8-9-20-16)18-13-6-4-12(5-7-13)10-15(19)17-3/h4-7,14,18H,8-11H2,1-3H3,(H,17,19). The average Bonchev–Trinajstić information content (AvgIpc) is 2.40. The topological polar surface area (TPSA) is 50.4 Å². The first-order valence-corrected chi connectivity index (χ1v) is 7.18. The number of likely N-dealkylation sites (N-methyl/N-ethyl adjacent to an activating group) is 1. The second kappa shape index (κ2) is 6.27. The van der Waals surface area contributed by atoms with Crippen LogP contribution in [0.5, 0.6) is 0 Å². The van der Waals surface area contributed by atoms with Crippen LogP contribution in [-0.2, 0) is 16.0 Å². The van der Waals surface area contributed by atoms with Crippen molar-refractivity contribution >= 4 is 11.6 Å². The van der Waals surface area contributed by atoms with E-state index in [-0.39, 0.29) is 11.5 Å². The number of ether oxygens (including phenoxy) is 1. The molecule has 4 heteroatoms. The Morgan fingerprint density at radius 3 is 2.65 bits per heavy atom. The Hall–Kier alpha value is -1.55. The molecule has 110 valence electrons. The van der Waals surface area contributed by atoms with Crippen molar-refractivity contribution in [2.24, 2.45) is 0 Å². The van der Waals surface area contributed by atoms with Crippen LogP contribution in [0.15, 0.2) is 24.3 Å². The molecule has 0 spiro atoms. The molecule has 1 amide bonds. The summed E-state index contributed by atoms with van der Waals surface area (Å²) in [5, 5.41) is 6.18. The van der Waals surface area contributed by atoms with Crippen LogP contribution >= 0.6 is 0 Å². The molecule has 0 aliphatic carbocycles. The van der Waals surface area contributed by atoms with Gasteiger partial charge >= 0.3 is 0 Å². The first kappa shape index (κ1) is 14.9. The van der Waals surface area contributed by atoms with Gasteiger partial charge in [-0.25, -0.2) is 0 Å². The molecule has 4 nitrogen and oxygen atoms in total. The lowest BCUT2D eigenvalue weighted by atomic mass is 9.94. The highest BCUT2D eigenvalue weighted by atomic mass is 16.5. The van der Waals surface area contributed by atoms with Crippen LogP contribution in [-0.4, -0.2) is 31.2 Å². The van der Waals surface area contributed by atoms with E-state index in [2.05, 4.69) is 24.5 Å². The molecule has 1 aromatic rings. The highest BCUT2D eigenvalue weighted by molar-refractivity contribution is 5.78. The minimum absolute atomic E-state index is 0.0388. The van der Waals surface area contributed by atoms with Crippen LogP contribution < -0.4 is 10.6 Å². The molecule has 0 bridgehead atoms. The van der Waals surface area contributed by atoms with E-state index in [9.17, 15) is 4.79 Å². The molecule has 1 atom stereocenters. The van der Waals surface area contributed by atoms with Crippen LogP contribution in [0.25, 0.3) is 0 Å². The summed E-state index contributed by atoms with van der Waals surface area (Å²) in [4.78, 5) is 11.3. The lowest BCUT2D eigenvalue weighted by Gasteiger charge is -2.36. The van der Waals surface area contributed by atoms with Gasteiger partial charge in [0.05, 0.1) is 12.0 Å². The average molecular weight is 276 g/mol.